The number of nitrogens with one attached hydrogen (secondary N) is 2. The van der Waals surface area contributed by atoms with E-state index in [1.165, 1.54) is 11.2 Å². The molecule has 0 spiro atoms. The first kappa shape index (κ1) is 26.0. The third-order valence-electron chi connectivity index (χ3n) is 5.77. The van der Waals surface area contributed by atoms with Gasteiger partial charge < -0.3 is 30.0 Å². The number of rotatable bonds is 6. The number of carbonyl (C=O) groups excluding carboxylic acids is 2. The van der Waals surface area contributed by atoms with Gasteiger partial charge in [0.2, 0.25) is 5.91 Å². The summed E-state index contributed by atoms with van der Waals surface area (Å²) in [7, 11) is 3.13. The van der Waals surface area contributed by atoms with Gasteiger partial charge in [-0.05, 0) is 51.1 Å². The monoisotopic (exact) mass is 509 g/mol. The minimum Gasteiger partial charge on any atom is -0.493 e. The third kappa shape index (κ3) is 6.00. The lowest BCUT2D eigenvalue weighted by atomic mass is 10.1. The summed E-state index contributed by atoms with van der Waals surface area (Å²) in [6.45, 7) is 5.29. The number of benzene rings is 2. The molecule has 2 aromatic carbocycles. The van der Waals surface area contributed by atoms with Gasteiger partial charge in [-0.1, -0.05) is 0 Å². The van der Waals surface area contributed by atoms with Gasteiger partial charge in [0.15, 0.2) is 11.5 Å². The lowest BCUT2D eigenvalue weighted by molar-refractivity contribution is -0.120. The number of anilines is 3. The van der Waals surface area contributed by atoms with Crippen molar-refractivity contribution in [1.29, 1.82) is 0 Å². The van der Waals surface area contributed by atoms with Crippen LogP contribution in [0, 0.1) is 0 Å². The molecule has 11 nitrogen and oxygen atoms in total. The molecule has 2 atom stereocenters. The molecule has 0 radical (unpaired) electrons. The molecular weight excluding hydrogens is 478 g/mol. The Balaban J connectivity index is 1.46. The quantitative estimate of drug-likeness (QED) is 0.454. The fourth-order valence-electron chi connectivity index (χ4n) is 4.07. The van der Waals surface area contributed by atoms with E-state index in [2.05, 4.69) is 20.6 Å². The lowest BCUT2D eigenvalue weighted by Gasteiger charge is -2.27. The highest BCUT2D eigenvalue weighted by atomic mass is 16.6. The molecule has 2 heterocycles. The largest absolute Gasteiger partial charge is 0.493 e. The van der Waals surface area contributed by atoms with E-state index >= 15 is 0 Å². The lowest BCUT2D eigenvalue weighted by Crippen LogP contribution is -2.45. The smallest absolute Gasteiger partial charge is 0.411 e. The molecule has 0 saturated carbocycles. The van der Waals surface area contributed by atoms with E-state index in [1.807, 2.05) is 0 Å². The molecule has 3 N–H and O–H groups in total. The Kier molecular flexibility index (Phi) is 7.35. The SMILES string of the molecule is COc1cc2ncnc(Nc3ccc(NC(=O)[C@@H]4C[C@@H](O)CN4C(=O)OC(C)(C)C)cc3)c2cc1OC. The van der Waals surface area contributed by atoms with Crippen LogP contribution in [0.1, 0.15) is 27.2 Å². The molecule has 1 aliphatic heterocycles. The van der Waals surface area contributed by atoms with E-state index in [0.29, 0.717) is 28.5 Å². The van der Waals surface area contributed by atoms with Crippen molar-refractivity contribution in [2.75, 3.05) is 31.4 Å². The summed E-state index contributed by atoms with van der Waals surface area (Å²) >= 11 is 0. The highest BCUT2D eigenvalue weighted by Crippen LogP contribution is 2.34. The highest BCUT2D eigenvalue weighted by Gasteiger charge is 2.40. The van der Waals surface area contributed by atoms with Crippen molar-refractivity contribution >= 4 is 40.1 Å². The van der Waals surface area contributed by atoms with Crippen molar-refractivity contribution in [2.24, 2.45) is 0 Å². The van der Waals surface area contributed by atoms with Crippen molar-refractivity contribution in [3.05, 3.63) is 42.7 Å². The molecular formula is C26H31N5O6. The molecule has 196 valence electrons. The standard InChI is InChI=1S/C26H31N5O6/c1-26(2,3)37-25(34)31-13-17(32)10-20(31)24(33)30-16-8-6-15(7-9-16)29-23-18-11-21(35-4)22(36-5)12-19(18)27-14-28-23/h6-9,11-12,14,17,20,32H,10,13H2,1-5H3,(H,30,33)(H,27,28,29)/t17-,20+/m1/s1. The zero-order valence-corrected chi connectivity index (χ0v) is 21.4. The molecule has 0 aliphatic carbocycles. The number of fused-ring (bicyclic) bond motifs is 1. The van der Waals surface area contributed by atoms with Crippen LogP contribution >= 0.6 is 0 Å². The molecule has 1 aromatic heterocycles. The Hall–Kier alpha value is -4.12. The van der Waals surface area contributed by atoms with Crippen molar-refractivity contribution in [2.45, 2.75) is 44.9 Å². The number of hydrogen-bond donors (Lipinski definition) is 3. The second kappa shape index (κ2) is 10.5. The fourth-order valence-corrected chi connectivity index (χ4v) is 4.07. The number of β-amino-alcohol motifs (C(OH)–C–C–N with tert-alkyl or cyclic N) is 1. The molecule has 0 unspecified atom stereocenters. The zero-order chi connectivity index (χ0) is 26.7. The van der Waals surface area contributed by atoms with Crippen molar-refractivity contribution < 1.29 is 28.9 Å². The van der Waals surface area contributed by atoms with Gasteiger partial charge in [-0.2, -0.15) is 0 Å². The summed E-state index contributed by atoms with van der Waals surface area (Å²) < 4.78 is 16.1. The molecule has 3 aromatic rings. The predicted octanol–water partition coefficient (Wildman–Crippen LogP) is 3.70. The molecule has 1 aliphatic rings. The van der Waals surface area contributed by atoms with Crippen LogP contribution < -0.4 is 20.1 Å². The molecule has 1 fully saturated rings. The normalized spacial score (nSPS) is 17.4. The van der Waals surface area contributed by atoms with Crippen LogP contribution in [0.4, 0.5) is 22.0 Å². The number of aliphatic hydroxyl groups is 1. The highest BCUT2D eigenvalue weighted by molar-refractivity contribution is 5.97. The van der Waals surface area contributed by atoms with Gasteiger partial charge in [0.05, 0.1) is 32.4 Å². The molecule has 0 bridgehead atoms. The second-order valence-corrected chi connectivity index (χ2v) is 9.68. The fraction of sp³-hybridized carbons (Fsp3) is 0.385. The first-order valence-electron chi connectivity index (χ1n) is 11.8. The topological polar surface area (TPSA) is 135 Å². The van der Waals surface area contributed by atoms with Crippen LogP contribution in [0.25, 0.3) is 10.9 Å². The first-order valence-corrected chi connectivity index (χ1v) is 11.8. The summed E-state index contributed by atoms with van der Waals surface area (Å²) in [4.78, 5) is 35.4. The number of likely N-dealkylation sites (tertiary alicyclic amines) is 1. The number of nitrogens with zero attached hydrogens (tertiary/aromatic N) is 3. The van der Waals surface area contributed by atoms with Crippen LogP contribution in [0.5, 0.6) is 11.5 Å². The van der Waals surface area contributed by atoms with Crippen LogP contribution in [-0.4, -0.2) is 70.5 Å². The predicted molar refractivity (Wildman–Crippen MR) is 138 cm³/mol. The van der Waals surface area contributed by atoms with Crippen LogP contribution in [0.2, 0.25) is 0 Å². The Bertz CT molecular complexity index is 1290. The maximum absolute atomic E-state index is 12.9. The summed E-state index contributed by atoms with van der Waals surface area (Å²) in [5.74, 6) is 1.31. The van der Waals surface area contributed by atoms with Gasteiger partial charge in [0.1, 0.15) is 23.8 Å². The second-order valence-electron chi connectivity index (χ2n) is 9.68. The van der Waals surface area contributed by atoms with Crippen LogP contribution in [-0.2, 0) is 9.53 Å². The van der Waals surface area contributed by atoms with Crippen LogP contribution in [0.15, 0.2) is 42.7 Å². The number of methoxy groups -OCH3 is 2. The summed E-state index contributed by atoms with van der Waals surface area (Å²) in [6.07, 6.45) is 0.170. The average molecular weight is 510 g/mol. The van der Waals surface area contributed by atoms with E-state index in [0.717, 1.165) is 11.1 Å². The van der Waals surface area contributed by atoms with Gasteiger partial charge in [0.25, 0.3) is 0 Å². The van der Waals surface area contributed by atoms with Gasteiger partial charge in [-0.3, -0.25) is 9.69 Å². The Morgan fingerprint density at radius 1 is 1.03 bits per heavy atom. The van der Waals surface area contributed by atoms with E-state index in [4.69, 9.17) is 14.2 Å². The Morgan fingerprint density at radius 2 is 1.68 bits per heavy atom. The number of ether oxygens (including phenoxy) is 3. The Labute approximate surface area is 214 Å². The molecule has 2 amide bonds. The average Bonchev–Trinajstić information content (AvgIpc) is 3.25. The zero-order valence-electron chi connectivity index (χ0n) is 21.4. The minimum atomic E-state index is -0.831. The molecule has 4 rings (SSSR count). The summed E-state index contributed by atoms with van der Waals surface area (Å²) in [6, 6.07) is 9.80. The van der Waals surface area contributed by atoms with Gasteiger partial charge >= 0.3 is 6.09 Å². The van der Waals surface area contributed by atoms with Gasteiger partial charge in [-0.25, -0.2) is 14.8 Å². The molecule has 1 saturated heterocycles. The van der Waals surface area contributed by atoms with Gasteiger partial charge in [0, 0.05) is 29.2 Å². The number of amides is 2. The Morgan fingerprint density at radius 3 is 2.32 bits per heavy atom. The summed E-state index contributed by atoms with van der Waals surface area (Å²) in [5, 5.41) is 16.9. The van der Waals surface area contributed by atoms with Crippen LogP contribution in [0.3, 0.4) is 0 Å². The molecule has 37 heavy (non-hydrogen) atoms. The number of hydrogen-bond acceptors (Lipinski definition) is 9. The maximum Gasteiger partial charge on any atom is 0.411 e. The number of carbonyl (C=O) groups is 2. The number of aromatic nitrogens is 2. The van der Waals surface area contributed by atoms with Gasteiger partial charge in [-0.15, -0.1) is 0 Å². The van der Waals surface area contributed by atoms with E-state index in [9.17, 15) is 14.7 Å². The number of aliphatic hydroxyl groups excluding tert-OH is 1. The van der Waals surface area contributed by atoms with E-state index in [1.54, 1.807) is 71.4 Å². The van der Waals surface area contributed by atoms with Crippen molar-refractivity contribution in [3.8, 4) is 11.5 Å². The van der Waals surface area contributed by atoms with E-state index < -0.39 is 29.7 Å². The van der Waals surface area contributed by atoms with E-state index in [-0.39, 0.29) is 13.0 Å². The third-order valence-corrected chi connectivity index (χ3v) is 5.77. The first-order chi connectivity index (χ1) is 17.6. The molecule has 11 heteroatoms. The summed E-state index contributed by atoms with van der Waals surface area (Å²) in [5.41, 5.74) is 1.26. The van der Waals surface area contributed by atoms with Crippen molar-refractivity contribution in [3.63, 3.8) is 0 Å². The maximum atomic E-state index is 12.9. The minimum absolute atomic E-state index is 0.0411. The van der Waals surface area contributed by atoms with Crippen molar-refractivity contribution in [1.82, 2.24) is 14.9 Å².